The molecule has 0 amide bonds. The van der Waals surface area contributed by atoms with Gasteiger partial charge < -0.3 is 19.8 Å². The van der Waals surface area contributed by atoms with Gasteiger partial charge in [-0.3, -0.25) is 10.2 Å². The quantitative estimate of drug-likeness (QED) is 0.582. The smallest absolute Gasteiger partial charge is 0.312 e. The van der Waals surface area contributed by atoms with Crippen molar-refractivity contribution in [3.63, 3.8) is 0 Å². The normalized spacial score (nSPS) is 36.5. The van der Waals surface area contributed by atoms with E-state index in [1.165, 1.54) is 0 Å². The van der Waals surface area contributed by atoms with Crippen LogP contribution in [0.5, 0.6) is 0 Å². The molecule has 7 heteroatoms. The van der Waals surface area contributed by atoms with E-state index in [0.717, 1.165) is 11.3 Å². The summed E-state index contributed by atoms with van der Waals surface area (Å²) >= 11 is 0. The van der Waals surface area contributed by atoms with Crippen LogP contribution < -0.4 is 15.8 Å². The van der Waals surface area contributed by atoms with E-state index in [4.69, 9.17) is 4.74 Å². The van der Waals surface area contributed by atoms with Crippen molar-refractivity contribution < 1.29 is 19.7 Å². The first-order valence-electron chi connectivity index (χ1n) is 9.11. The zero-order valence-corrected chi connectivity index (χ0v) is 15.8. The molecule has 144 valence electrons. The molecule has 7 nitrogen and oxygen atoms in total. The Balaban J connectivity index is 2.05. The summed E-state index contributed by atoms with van der Waals surface area (Å²) in [7, 11) is 3.93. The second-order valence-corrected chi connectivity index (χ2v) is 7.72. The van der Waals surface area contributed by atoms with E-state index in [1.54, 1.807) is 13.8 Å². The van der Waals surface area contributed by atoms with Crippen molar-refractivity contribution in [2.45, 2.75) is 44.1 Å². The fraction of sp³-hybridized carbons (Fsp3) is 0.632. The summed E-state index contributed by atoms with van der Waals surface area (Å²) in [6.07, 6.45) is -0.441. The van der Waals surface area contributed by atoms with E-state index in [9.17, 15) is 15.0 Å². The van der Waals surface area contributed by atoms with Crippen LogP contribution >= 0.6 is 0 Å². The van der Waals surface area contributed by atoms with Crippen LogP contribution in [0.1, 0.15) is 31.7 Å². The SMILES string of the molecule is CCOC(=O)C1C(c2ccc(N(C)C)cc2)C2C(O)NNC2CC1(C)O. The lowest BCUT2D eigenvalue weighted by molar-refractivity contribution is -0.166. The van der Waals surface area contributed by atoms with Gasteiger partial charge in [-0.1, -0.05) is 12.1 Å². The van der Waals surface area contributed by atoms with Crippen LogP contribution in [-0.2, 0) is 9.53 Å². The third-order valence-electron chi connectivity index (χ3n) is 5.66. The maximum atomic E-state index is 12.8. The van der Waals surface area contributed by atoms with Gasteiger partial charge in [0.05, 0.1) is 18.1 Å². The van der Waals surface area contributed by atoms with Gasteiger partial charge in [0, 0.05) is 37.7 Å². The van der Waals surface area contributed by atoms with Crippen LogP contribution in [0.2, 0.25) is 0 Å². The lowest BCUT2D eigenvalue weighted by Crippen LogP contribution is -2.56. The third-order valence-corrected chi connectivity index (χ3v) is 5.66. The molecular weight excluding hydrogens is 334 g/mol. The highest BCUT2D eigenvalue weighted by molar-refractivity contribution is 5.76. The van der Waals surface area contributed by atoms with Crippen molar-refractivity contribution in [3.05, 3.63) is 29.8 Å². The lowest BCUT2D eigenvalue weighted by Gasteiger charge is -2.47. The van der Waals surface area contributed by atoms with E-state index in [2.05, 4.69) is 10.9 Å². The van der Waals surface area contributed by atoms with Crippen LogP contribution in [0, 0.1) is 11.8 Å². The van der Waals surface area contributed by atoms with Gasteiger partial charge >= 0.3 is 5.97 Å². The summed E-state index contributed by atoms with van der Waals surface area (Å²) in [5, 5.41) is 21.6. The van der Waals surface area contributed by atoms with Crippen molar-refractivity contribution in [1.29, 1.82) is 0 Å². The molecular formula is C19H29N3O4. The number of carbonyl (C=O) groups is 1. The highest BCUT2D eigenvalue weighted by atomic mass is 16.5. The number of anilines is 1. The molecule has 26 heavy (non-hydrogen) atoms. The molecule has 1 saturated heterocycles. The maximum absolute atomic E-state index is 12.8. The molecule has 0 bridgehead atoms. The lowest BCUT2D eigenvalue weighted by atomic mass is 9.60. The van der Waals surface area contributed by atoms with Crippen molar-refractivity contribution >= 4 is 11.7 Å². The number of hydrazine groups is 1. The molecule has 0 radical (unpaired) electrons. The Morgan fingerprint density at radius 1 is 1.31 bits per heavy atom. The van der Waals surface area contributed by atoms with Crippen LogP contribution in [0.15, 0.2) is 24.3 Å². The summed E-state index contributed by atoms with van der Waals surface area (Å²) in [5.74, 6) is -1.77. The average molecular weight is 363 g/mol. The Kier molecular flexibility index (Phi) is 5.25. The number of aliphatic hydroxyl groups excluding tert-OH is 1. The highest BCUT2D eigenvalue weighted by Crippen LogP contribution is 2.49. The number of ether oxygens (including phenoxy) is 1. The molecule has 2 fully saturated rings. The number of nitrogens with zero attached hydrogens (tertiary/aromatic N) is 1. The Morgan fingerprint density at radius 3 is 2.54 bits per heavy atom. The van der Waals surface area contributed by atoms with Crippen LogP contribution in [0.3, 0.4) is 0 Å². The Bertz CT molecular complexity index is 647. The average Bonchev–Trinajstić information content (AvgIpc) is 2.93. The summed E-state index contributed by atoms with van der Waals surface area (Å²) < 4.78 is 5.28. The van der Waals surface area contributed by atoms with Gasteiger partial charge in [0.25, 0.3) is 0 Å². The van der Waals surface area contributed by atoms with Gasteiger partial charge in [-0.2, -0.15) is 0 Å². The molecule has 2 aliphatic rings. The zero-order chi connectivity index (χ0) is 19.1. The predicted octanol–water partition coefficient (Wildman–Crippen LogP) is 0.581. The van der Waals surface area contributed by atoms with Crippen molar-refractivity contribution in [1.82, 2.24) is 10.9 Å². The Hall–Kier alpha value is -1.67. The van der Waals surface area contributed by atoms with E-state index in [-0.39, 0.29) is 24.5 Å². The van der Waals surface area contributed by atoms with Gasteiger partial charge in [0.1, 0.15) is 6.23 Å². The number of hydrogen-bond donors (Lipinski definition) is 4. The first-order valence-corrected chi connectivity index (χ1v) is 9.11. The molecule has 1 aliphatic carbocycles. The Labute approximate surface area is 154 Å². The molecule has 1 aliphatic heterocycles. The fourth-order valence-corrected chi connectivity index (χ4v) is 4.46. The number of esters is 1. The molecule has 1 saturated carbocycles. The zero-order valence-electron chi connectivity index (χ0n) is 15.8. The first kappa shape index (κ1) is 19.1. The number of rotatable bonds is 4. The number of aliphatic hydroxyl groups is 2. The maximum Gasteiger partial charge on any atom is 0.312 e. The van der Waals surface area contributed by atoms with E-state index in [0.29, 0.717) is 6.42 Å². The summed E-state index contributed by atoms with van der Waals surface area (Å²) in [6, 6.07) is 7.77. The number of hydrogen-bond acceptors (Lipinski definition) is 7. The Morgan fingerprint density at radius 2 is 1.96 bits per heavy atom. The van der Waals surface area contributed by atoms with Crippen LogP contribution in [0.25, 0.3) is 0 Å². The number of nitrogens with one attached hydrogen (secondary N) is 2. The predicted molar refractivity (Wildman–Crippen MR) is 98.4 cm³/mol. The molecule has 6 unspecified atom stereocenters. The topological polar surface area (TPSA) is 94.1 Å². The highest BCUT2D eigenvalue weighted by Gasteiger charge is 2.58. The largest absolute Gasteiger partial charge is 0.466 e. The van der Waals surface area contributed by atoms with Crippen LogP contribution in [-0.4, -0.2) is 54.8 Å². The second kappa shape index (κ2) is 7.15. The fourth-order valence-electron chi connectivity index (χ4n) is 4.46. The minimum Gasteiger partial charge on any atom is -0.466 e. The molecule has 0 aromatic heterocycles. The van der Waals surface area contributed by atoms with Crippen molar-refractivity contribution in [2.75, 3.05) is 25.6 Å². The van der Waals surface area contributed by atoms with Crippen LogP contribution in [0.4, 0.5) is 5.69 Å². The molecule has 0 spiro atoms. The van der Waals surface area contributed by atoms with Gasteiger partial charge in [-0.05, 0) is 38.0 Å². The van der Waals surface area contributed by atoms with E-state index >= 15 is 0 Å². The summed E-state index contributed by atoms with van der Waals surface area (Å²) in [4.78, 5) is 14.8. The number of fused-ring (bicyclic) bond motifs is 1. The van der Waals surface area contributed by atoms with Gasteiger partial charge in [0.15, 0.2) is 0 Å². The van der Waals surface area contributed by atoms with Gasteiger partial charge in [-0.15, -0.1) is 0 Å². The third kappa shape index (κ3) is 3.32. The minimum atomic E-state index is -1.24. The van der Waals surface area contributed by atoms with Crippen molar-refractivity contribution in [2.24, 2.45) is 11.8 Å². The summed E-state index contributed by atoms with van der Waals surface area (Å²) in [6.45, 7) is 3.69. The number of benzene rings is 1. The number of carbonyl (C=O) groups excluding carboxylic acids is 1. The molecule has 6 atom stereocenters. The molecule has 1 aromatic rings. The molecule has 1 heterocycles. The second-order valence-electron chi connectivity index (χ2n) is 7.72. The van der Waals surface area contributed by atoms with E-state index in [1.807, 2.05) is 43.3 Å². The van der Waals surface area contributed by atoms with Crippen molar-refractivity contribution in [3.8, 4) is 0 Å². The molecule has 3 rings (SSSR count). The molecule has 1 aromatic carbocycles. The molecule has 4 N–H and O–H groups in total. The van der Waals surface area contributed by atoms with E-state index < -0.39 is 23.7 Å². The van der Waals surface area contributed by atoms with Gasteiger partial charge in [0.2, 0.25) is 0 Å². The standard InChI is InChI=1S/C19H29N3O4/c1-5-26-18(24)16-14(11-6-8-12(9-7-11)22(3)4)15-13(10-19(16,2)25)20-21-17(15)23/h6-9,13-17,20-21,23,25H,5,10H2,1-4H3. The first-order chi connectivity index (χ1) is 12.3. The monoisotopic (exact) mass is 363 g/mol. The minimum absolute atomic E-state index is 0.135. The van der Waals surface area contributed by atoms with Gasteiger partial charge in [-0.25, -0.2) is 5.43 Å². The summed E-state index contributed by atoms with van der Waals surface area (Å²) in [5.41, 5.74) is 6.64.